The van der Waals surface area contributed by atoms with E-state index in [2.05, 4.69) is 10.3 Å². The number of hydrogen-bond donors (Lipinski definition) is 2. The number of primary amides is 1. The van der Waals surface area contributed by atoms with E-state index in [4.69, 9.17) is 5.73 Å². The molecule has 2 rings (SSSR count). The predicted molar refractivity (Wildman–Crippen MR) is 70.2 cm³/mol. The maximum Gasteiger partial charge on any atom is 0.249 e. The number of aryl methyl sites for hydroxylation is 1. The largest absolute Gasteiger partial charge is 0.366 e. The predicted octanol–water partition coefficient (Wildman–Crippen LogP) is 1.90. The van der Waals surface area contributed by atoms with Crippen molar-refractivity contribution in [3.05, 3.63) is 38.0 Å². The summed E-state index contributed by atoms with van der Waals surface area (Å²) in [6.07, 6.45) is 0. The van der Waals surface area contributed by atoms with Crippen LogP contribution >= 0.6 is 22.7 Å². The molecule has 1 amide bonds. The highest BCUT2D eigenvalue weighted by Gasteiger charge is 2.04. The molecule has 0 aromatic carbocycles. The number of amides is 1. The Bertz CT molecular complexity index is 518. The fourth-order valence-electron chi connectivity index (χ4n) is 1.38. The smallest absolute Gasteiger partial charge is 0.249 e. The van der Waals surface area contributed by atoms with Gasteiger partial charge in [-0.3, -0.25) is 4.79 Å². The van der Waals surface area contributed by atoms with Crippen molar-refractivity contribution in [1.29, 1.82) is 0 Å². The minimum atomic E-state index is -0.372. The van der Waals surface area contributed by atoms with E-state index >= 15 is 0 Å². The fourth-order valence-corrected chi connectivity index (χ4v) is 2.96. The number of rotatable bonds is 5. The molecular formula is C11H13N3OS2. The molecular weight excluding hydrogens is 254 g/mol. The van der Waals surface area contributed by atoms with Crippen molar-refractivity contribution < 1.29 is 4.79 Å². The third-order valence-electron chi connectivity index (χ3n) is 2.18. The van der Waals surface area contributed by atoms with Crippen molar-refractivity contribution in [2.45, 2.75) is 20.0 Å². The lowest BCUT2D eigenvalue weighted by Crippen LogP contribution is -2.12. The molecule has 0 spiro atoms. The summed E-state index contributed by atoms with van der Waals surface area (Å²) in [5, 5.41) is 8.19. The number of carbonyl (C=O) groups excluding carboxylic acids is 1. The highest BCUT2D eigenvalue weighted by Crippen LogP contribution is 2.14. The van der Waals surface area contributed by atoms with E-state index in [9.17, 15) is 4.79 Å². The summed E-state index contributed by atoms with van der Waals surface area (Å²) in [5.41, 5.74) is 6.82. The van der Waals surface area contributed by atoms with E-state index in [0.717, 1.165) is 28.7 Å². The van der Waals surface area contributed by atoms with Crippen LogP contribution in [0.2, 0.25) is 0 Å². The topological polar surface area (TPSA) is 68.0 Å². The zero-order chi connectivity index (χ0) is 12.3. The first-order valence-corrected chi connectivity index (χ1v) is 6.90. The molecule has 0 aliphatic heterocycles. The zero-order valence-corrected chi connectivity index (χ0v) is 11.0. The van der Waals surface area contributed by atoms with Gasteiger partial charge in [-0.05, 0) is 13.0 Å². The quantitative estimate of drug-likeness (QED) is 0.869. The van der Waals surface area contributed by atoms with Crippen LogP contribution < -0.4 is 11.1 Å². The van der Waals surface area contributed by atoms with Gasteiger partial charge in [-0.15, -0.1) is 22.7 Å². The van der Waals surface area contributed by atoms with Crippen LogP contribution in [-0.2, 0) is 13.1 Å². The van der Waals surface area contributed by atoms with Gasteiger partial charge in [-0.1, -0.05) is 0 Å². The van der Waals surface area contributed by atoms with Gasteiger partial charge in [0.05, 0.1) is 5.56 Å². The Morgan fingerprint density at radius 1 is 1.41 bits per heavy atom. The monoisotopic (exact) mass is 267 g/mol. The average molecular weight is 267 g/mol. The molecule has 0 aliphatic carbocycles. The second-order valence-corrected chi connectivity index (χ2v) is 5.59. The van der Waals surface area contributed by atoms with Gasteiger partial charge >= 0.3 is 0 Å². The molecule has 17 heavy (non-hydrogen) atoms. The molecule has 0 fully saturated rings. The van der Waals surface area contributed by atoms with Crippen LogP contribution in [0.25, 0.3) is 0 Å². The molecule has 3 N–H and O–H groups in total. The lowest BCUT2D eigenvalue weighted by atomic mass is 10.3. The Morgan fingerprint density at radius 3 is 2.82 bits per heavy atom. The van der Waals surface area contributed by atoms with Crippen molar-refractivity contribution in [2.24, 2.45) is 5.73 Å². The lowest BCUT2D eigenvalue weighted by molar-refractivity contribution is 0.100. The minimum absolute atomic E-state index is 0.372. The van der Waals surface area contributed by atoms with Crippen LogP contribution in [0.15, 0.2) is 16.8 Å². The van der Waals surface area contributed by atoms with Crippen LogP contribution in [0.4, 0.5) is 0 Å². The van der Waals surface area contributed by atoms with Crippen LogP contribution in [0.5, 0.6) is 0 Å². The van der Waals surface area contributed by atoms with E-state index in [0.29, 0.717) is 5.56 Å². The highest BCUT2D eigenvalue weighted by atomic mass is 32.1. The summed E-state index contributed by atoms with van der Waals surface area (Å²) in [7, 11) is 0. The Hall–Kier alpha value is -1.24. The maximum atomic E-state index is 10.9. The number of aromatic nitrogens is 1. The van der Waals surface area contributed by atoms with Crippen LogP contribution in [0.1, 0.15) is 25.9 Å². The standard InChI is InChI=1S/C11H13N3OS2/c1-7-5-17-10(14-7)4-13-3-9-2-8(6-16-9)11(12)15/h2,5-6,13H,3-4H2,1H3,(H2,12,15). The summed E-state index contributed by atoms with van der Waals surface area (Å²) in [6, 6.07) is 1.83. The van der Waals surface area contributed by atoms with E-state index in [1.165, 1.54) is 11.3 Å². The van der Waals surface area contributed by atoms with Gasteiger partial charge < -0.3 is 11.1 Å². The number of thiophene rings is 1. The first kappa shape index (κ1) is 12.2. The van der Waals surface area contributed by atoms with Crippen molar-refractivity contribution in [2.75, 3.05) is 0 Å². The molecule has 0 saturated heterocycles. The van der Waals surface area contributed by atoms with Crippen molar-refractivity contribution >= 4 is 28.6 Å². The molecule has 0 unspecified atom stereocenters. The van der Waals surface area contributed by atoms with E-state index in [-0.39, 0.29) is 5.91 Å². The van der Waals surface area contributed by atoms with Gasteiger partial charge in [0.15, 0.2) is 0 Å². The van der Waals surface area contributed by atoms with Crippen molar-refractivity contribution in [3.8, 4) is 0 Å². The Kier molecular flexibility index (Phi) is 3.88. The highest BCUT2D eigenvalue weighted by molar-refractivity contribution is 7.10. The minimum Gasteiger partial charge on any atom is -0.366 e. The van der Waals surface area contributed by atoms with E-state index < -0.39 is 0 Å². The lowest BCUT2D eigenvalue weighted by Gasteiger charge is -1.99. The number of carbonyl (C=O) groups is 1. The molecule has 0 atom stereocenters. The van der Waals surface area contributed by atoms with E-state index in [1.54, 1.807) is 16.7 Å². The van der Waals surface area contributed by atoms with Crippen LogP contribution in [-0.4, -0.2) is 10.9 Å². The zero-order valence-electron chi connectivity index (χ0n) is 9.40. The van der Waals surface area contributed by atoms with Gasteiger partial charge in [0.1, 0.15) is 5.01 Å². The van der Waals surface area contributed by atoms with Crippen molar-refractivity contribution in [1.82, 2.24) is 10.3 Å². The molecule has 0 radical (unpaired) electrons. The summed E-state index contributed by atoms with van der Waals surface area (Å²) < 4.78 is 0. The number of thiazole rings is 1. The third-order valence-corrected chi connectivity index (χ3v) is 4.08. The normalized spacial score (nSPS) is 10.6. The van der Waals surface area contributed by atoms with Gasteiger partial charge in [0, 0.05) is 34.4 Å². The van der Waals surface area contributed by atoms with Crippen molar-refractivity contribution in [3.63, 3.8) is 0 Å². The average Bonchev–Trinajstić information content (AvgIpc) is 2.88. The molecule has 90 valence electrons. The molecule has 2 aromatic heterocycles. The third kappa shape index (κ3) is 3.36. The summed E-state index contributed by atoms with van der Waals surface area (Å²) >= 11 is 3.19. The Balaban J connectivity index is 1.83. The molecule has 2 heterocycles. The second-order valence-electron chi connectivity index (χ2n) is 3.65. The summed E-state index contributed by atoms with van der Waals surface area (Å²) in [5.74, 6) is -0.372. The summed E-state index contributed by atoms with van der Waals surface area (Å²) in [4.78, 5) is 16.4. The summed E-state index contributed by atoms with van der Waals surface area (Å²) in [6.45, 7) is 3.47. The SMILES string of the molecule is Cc1csc(CNCc2cc(C(N)=O)cs2)n1. The molecule has 0 bridgehead atoms. The first-order valence-electron chi connectivity index (χ1n) is 5.14. The molecule has 6 heteroatoms. The Morgan fingerprint density at radius 2 is 2.24 bits per heavy atom. The molecule has 0 aliphatic rings. The van der Waals surface area contributed by atoms with Gasteiger partial charge in [0.25, 0.3) is 0 Å². The Labute approximate surface area is 107 Å². The fraction of sp³-hybridized carbons (Fsp3) is 0.273. The number of hydrogen-bond acceptors (Lipinski definition) is 5. The maximum absolute atomic E-state index is 10.9. The van der Waals surface area contributed by atoms with E-state index in [1.807, 2.05) is 18.4 Å². The molecule has 4 nitrogen and oxygen atoms in total. The van der Waals surface area contributed by atoms with Gasteiger partial charge in [-0.2, -0.15) is 0 Å². The van der Waals surface area contributed by atoms with Gasteiger partial charge in [0.2, 0.25) is 5.91 Å². The van der Waals surface area contributed by atoms with Crippen LogP contribution in [0.3, 0.4) is 0 Å². The first-order chi connectivity index (χ1) is 8.15. The number of nitrogens with two attached hydrogens (primary N) is 1. The number of nitrogens with zero attached hydrogens (tertiary/aromatic N) is 1. The van der Waals surface area contributed by atoms with Gasteiger partial charge in [-0.25, -0.2) is 4.98 Å². The molecule has 2 aromatic rings. The molecule has 0 saturated carbocycles. The van der Waals surface area contributed by atoms with Crippen LogP contribution in [0, 0.1) is 6.92 Å². The second kappa shape index (κ2) is 5.39. The number of nitrogens with one attached hydrogen (secondary N) is 1.